The summed E-state index contributed by atoms with van der Waals surface area (Å²) < 4.78 is 6.11. The first-order chi connectivity index (χ1) is 21.2. The molecule has 0 aromatic carbocycles. The average Bonchev–Trinajstić information content (AvgIpc) is 3.01. The second kappa shape index (κ2) is 37.8. The number of aliphatic hydroxyl groups excluding tert-OH is 1. The van der Waals surface area contributed by atoms with Gasteiger partial charge in [-0.05, 0) is 77.0 Å². The van der Waals surface area contributed by atoms with E-state index in [1.165, 1.54) is 154 Å². The molecule has 0 amide bonds. The first kappa shape index (κ1) is 42.6. The molecule has 0 radical (unpaired) electrons. The van der Waals surface area contributed by atoms with Crippen molar-refractivity contribution in [3.63, 3.8) is 0 Å². The topological polar surface area (TPSA) is 29.5 Å². The van der Waals surface area contributed by atoms with Crippen LogP contribution in [0.1, 0.15) is 200 Å². The number of halogens is 1. The Morgan fingerprint density at radius 1 is 0.465 bits per heavy atom. The van der Waals surface area contributed by atoms with Gasteiger partial charge in [0.2, 0.25) is 0 Å². The Kier molecular flexibility index (Phi) is 37.5. The predicted molar refractivity (Wildman–Crippen MR) is 197 cm³/mol. The summed E-state index contributed by atoms with van der Waals surface area (Å²) in [4.78, 5) is 0. The lowest BCUT2D eigenvalue weighted by Gasteiger charge is -2.22. The quantitative estimate of drug-likeness (QED) is 0.0315. The Labute approximate surface area is 279 Å². The summed E-state index contributed by atoms with van der Waals surface area (Å²) in [5.74, 6) is 0. The first-order valence-electron chi connectivity index (χ1n) is 19.1. The molecule has 0 spiro atoms. The van der Waals surface area contributed by atoms with Gasteiger partial charge in [-0.25, -0.2) is 0 Å². The van der Waals surface area contributed by atoms with Gasteiger partial charge in [0.1, 0.15) is 0 Å². The average molecular weight is 668 g/mol. The highest BCUT2D eigenvalue weighted by atomic mass is 79.9. The van der Waals surface area contributed by atoms with Gasteiger partial charge in [-0.3, -0.25) is 0 Å². The minimum Gasteiger partial charge on any atom is -0.368 e. The van der Waals surface area contributed by atoms with E-state index in [-0.39, 0.29) is 6.10 Å². The van der Waals surface area contributed by atoms with Crippen LogP contribution >= 0.6 is 15.9 Å². The molecule has 0 saturated heterocycles. The summed E-state index contributed by atoms with van der Waals surface area (Å²) in [6.07, 6.45) is 50.5. The van der Waals surface area contributed by atoms with Crippen LogP contribution in [-0.4, -0.2) is 22.8 Å². The van der Waals surface area contributed by atoms with Crippen LogP contribution < -0.4 is 0 Å². The number of allylic oxidation sites excluding steroid dienone is 6. The van der Waals surface area contributed by atoms with Gasteiger partial charge in [-0.1, -0.05) is 175 Å². The molecule has 0 aromatic rings. The molecule has 0 aliphatic heterocycles. The fourth-order valence-corrected chi connectivity index (χ4v) is 5.94. The fourth-order valence-electron chi connectivity index (χ4n) is 5.61. The van der Waals surface area contributed by atoms with E-state index in [0.717, 1.165) is 37.4 Å². The molecule has 2 atom stereocenters. The van der Waals surface area contributed by atoms with Crippen LogP contribution in [0.5, 0.6) is 0 Å². The minimum absolute atomic E-state index is 0.229. The molecule has 3 heteroatoms. The van der Waals surface area contributed by atoms with Crippen molar-refractivity contribution in [3.8, 4) is 0 Å². The van der Waals surface area contributed by atoms with Crippen LogP contribution in [0.3, 0.4) is 0 Å². The standard InChI is InChI=1S/C40H75BrO2/c1-3-5-7-9-11-13-15-17-19-21-23-25-27-29-31-33-36-39(43-40(42)37-34-38-41)35-32-30-28-26-24-22-20-18-16-14-12-10-8-6-4-2/h9,11,14-17,39-40,42H,3-8,10,12-13,18-38H2,1-2H3/b11-9-,16-14-,17-15-. The number of alkyl halides is 1. The molecule has 2 unspecified atom stereocenters. The Hall–Kier alpha value is -0.380. The van der Waals surface area contributed by atoms with Crippen LogP contribution in [0.25, 0.3) is 0 Å². The Morgan fingerprint density at radius 2 is 0.860 bits per heavy atom. The molecule has 1 N–H and O–H groups in total. The monoisotopic (exact) mass is 666 g/mol. The van der Waals surface area contributed by atoms with Gasteiger partial charge in [0, 0.05) is 5.33 Å². The highest BCUT2D eigenvalue weighted by molar-refractivity contribution is 9.09. The molecule has 43 heavy (non-hydrogen) atoms. The van der Waals surface area contributed by atoms with Crippen molar-refractivity contribution in [3.05, 3.63) is 36.5 Å². The normalized spacial score (nSPS) is 13.7. The third-order valence-electron chi connectivity index (χ3n) is 8.45. The molecule has 0 fully saturated rings. The summed E-state index contributed by atoms with van der Waals surface area (Å²) in [7, 11) is 0. The smallest absolute Gasteiger partial charge is 0.154 e. The fraction of sp³-hybridized carbons (Fsp3) is 0.850. The van der Waals surface area contributed by atoms with Gasteiger partial charge in [-0.15, -0.1) is 0 Å². The number of rotatable bonds is 35. The second-order valence-electron chi connectivity index (χ2n) is 12.8. The number of aliphatic hydroxyl groups is 1. The van der Waals surface area contributed by atoms with Crippen LogP contribution in [0.4, 0.5) is 0 Å². The molecule has 2 nitrogen and oxygen atoms in total. The zero-order valence-electron chi connectivity index (χ0n) is 29.1. The van der Waals surface area contributed by atoms with Crippen molar-refractivity contribution in [2.75, 3.05) is 5.33 Å². The number of unbranched alkanes of at least 4 members (excludes halogenated alkanes) is 20. The van der Waals surface area contributed by atoms with Gasteiger partial charge < -0.3 is 9.84 Å². The molecule has 0 rings (SSSR count). The third-order valence-corrected chi connectivity index (χ3v) is 9.01. The zero-order chi connectivity index (χ0) is 31.3. The van der Waals surface area contributed by atoms with Crippen molar-refractivity contribution >= 4 is 15.9 Å². The summed E-state index contributed by atoms with van der Waals surface area (Å²) in [5, 5.41) is 11.3. The van der Waals surface area contributed by atoms with E-state index in [1.54, 1.807) is 0 Å². The minimum atomic E-state index is -0.598. The predicted octanol–water partition coefficient (Wildman–Crippen LogP) is 14.1. The summed E-state index contributed by atoms with van der Waals surface area (Å²) in [5.41, 5.74) is 0. The highest BCUT2D eigenvalue weighted by Gasteiger charge is 2.14. The molecule has 0 saturated carbocycles. The Balaban J connectivity index is 3.83. The van der Waals surface area contributed by atoms with Gasteiger partial charge in [-0.2, -0.15) is 0 Å². The molecule has 0 aliphatic rings. The summed E-state index contributed by atoms with van der Waals surface area (Å²) in [6.45, 7) is 4.53. The highest BCUT2D eigenvalue weighted by Crippen LogP contribution is 2.19. The summed E-state index contributed by atoms with van der Waals surface area (Å²) in [6, 6.07) is 0. The van der Waals surface area contributed by atoms with Crippen molar-refractivity contribution in [2.24, 2.45) is 0 Å². The second-order valence-corrected chi connectivity index (χ2v) is 13.6. The van der Waals surface area contributed by atoms with Crippen LogP contribution in [-0.2, 0) is 4.74 Å². The SMILES string of the molecule is CCCC/C=C\C/C=C\CCCCCCCCCC(CCCCCCCCC/C=C\CCCCCC)OC(O)CCCBr. The van der Waals surface area contributed by atoms with E-state index >= 15 is 0 Å². The maximum absolute atomic E-state index is 10.4. The van der Waals surface area contributed by atoms with E-state index in [9.17, 15) is 5.11 Å². The van der Waals surface area contributed by atoms with Gasteiger partial charge in [0.05, 0.1) is 6.10 Å². The van der Waals surface area contributed by atoms with Crippen LogP contribution in [0, 0.1) is 0 Å². The van der Waals surface area contributed by atoms with E-state index in [1.807, 2.05) is 0 Å². The molecule has 0 heterocycles. The van der Waals surface area contributed by atoms with Gasteiger partial charge in [0.25, 0.3) is 0 Å². The first-order valence-corrected chi connectivity index (χ1v) is 20.2. The molecular formula is C40H75BrO2. The molecule has 0 bridgehead atoms. The van der Waals surface area contributed by atoms with E-state index in [0.29, 0.717) is 0 Å². The van der Waals surface area contributed by atoms with Crippen molar-refractivity contribution in [2.45, 2.75) is 212 Å². The lowest BCUT2D eigenvalue weighted by atomic mass is 10.0. The lowest BCUT2D eigenvalue weighted by Crippen LogP contribution is -2.22. The van der Waals surface area contributed by atoms with Crippen LogP contribution in [0.15, 0.2) is 36.5 Å². The zero-order valence-corrected chi connectivity index (χ0v) is 30.7. The Bertz CT molecular complexity index is 599. The van der Waals surface area contributed by atoms with Crippen LogP contribution in [0.2, 0.25) is 0 Å². The van der Waals surface area contributed by atoms with Crippen molar-refractivity contribution in [1.29, 1.82) is 0 Å². The van der Waals surface area contributed by atoms with E-state index in [4.69, 9.17) is 4.74 Å². The largest absolute Gasteiger partial charge is 0.368 e. The number of ether oxygens (including phenoxy) is 1. The Morgan fingerprint density at radius 3 is 1.33 bits per heavy atom. The number of hydrogen-bond donors (Lipinski definition) is 1. The maximum atomic E-state index is 10.4. The summed E-state index contributed by atoms with van der Waals surface area (Å²) >= 11 is 3.48. The third kappa shape index (κ3) is 36.0. The molecule has 0 aliphatic carbocycles. The van der Waals surface area contributed by atoms with Gasteiger partial charge in [0.15, 0.2) is 6.29 Å². The maximum Gasteiger partial charge on any atom is 0.154 e. The number of hydrogen-bond acceptors (Lipinski definition) is 2. The van der Waals surface area contributed by atoms with E-state index < -0.39 is 6.29 Å². The van der Waals surface area contributed by atoms with Crippen molar-refractivity contribution < 1.29 is 9.84 Å². The van der Waals surface area contributed by atoms with Crippen molar-refractivity contribution in [1.82, 2.24) is 0 Å². The lowest BCUT2D eigenvalue weighted by molar-refractivity contribution is -0.143. The molecule has 0 aromatic heterocycles. The van der Waals surface area contributed by atoms with E-state index in [2.05, 4.69) is 66.2 Å². The molecular weight excluding hydrogens is 592 g/mol. The molecule has 254 valence electrons. The van der Waals surface area contributed by atoms with Gasteiger partial charge >= 0.3 is 0 Å².